The fourth-order valence-electron chi connectivity index (χ4n) is 3.02. The second-order valence-electron chi connectivity index (χ2n) is 5.93. The number of hydrogen-bond donors (Lipinski definition) is 3. The molecule has 0 radical (unpaired) electrons. The van der Waals surface area contributed by atoms with E-state index >= 15 is 0 Å². The number of thiophene rings is 1. The molecule has 4 rings (SSSR count). The molecule has 1 unspecified atom stereocenters. The molecular formula is C17H14ClN3O2S2. The van der Waals surface area contributed by atoms with Gasteiger partial charge in [-0.3, -0.25) is 4.79 Å². The molecule has 1 amide bonds. The topological polar surface area (TPSA) is 88.2 Å². The Balaban J connectivity index is 1.97. The number of amides is 1. The Hall–Kier alpha value is -1.93. The van der Waals surface area contributed by atoms with Crippen LogP contribution in [0.3, 0.4) is 0 Å². The van der Waals surface area contributed by atoms with Crippen molar-refractivity contribution in [1.82, 2.24) is 4.98 Å². The van der Waals surface area contributed by atoms with Crippen LogP contribution in [0.1, 0.15) is 21.6 Å². The Labute approximate surface area is 157 Å². The summed E-state index contributed by atoms with van der Waals surface area (Å²) in [5.74, 6) is -0.497. The van der Waals surface area contributed by atoms with Crippen LogP contribution in [0.15, 0.2) is 24.3 Å². The lowest BCUT2D eigenvalue weighted by atomic mass is 9.90. The van der Waals surface area contributed by atoms with E-state index in [1.54, 1.807) is 12.1 Å². The summed E-state index contributed by atoms with van der Waals surface area (Å²) in [7, 11) is 0. The van der Waals surface area contributed by atoms with E-state index in [4.69, 9.17) is 17.3 Å². The van der Waals surface area contributed by atoms with E-state index in [0.717, 1.165) is 27.3 Å². The maximum Gasteiger partial charge on any atom is 0.266 e. The molecule has 128 valence electrons. The van der Waals surface area contributed by atoms with Gasteiger partial charge in [-0.2, -0.15) is 0 Å². The van der Waals surface area contributed by atoms with E-state index < -0.39 is 11.5 Å². The first kappa shape index (κ1) is 16.5. The van der Waals surface area contributed by atoms with Crippen LogP contribution in [0, 0.1) is 13.8 Å². The maximum atomic E-state index is 12.8. The number of nitrogens with zero attached hydrogens (tertiary/aromatic N) is 1. The van der Waals surface area contributed by atoms with Crippen molar-refractivity contribution in [2.45, 2.75) is 19.4 Å². The fraction of sp³-hybridized carbons (Fsp3) is 0.176. The highest BCUT2D eigenvalue weighted by molar-refractivity contribution is 7.20. The minimum absolute atomic E-state index is 0.285. The van der Waals surface area contributed by atoms with E-state index in [-0.39, 0.29) is 5.13 Å². The standard InChI is InChI=1S/C17H14ClN3O2S2/c1-7-3-4-9-12(8(7)2)20-15(22)17(9,23)14-13(21-16(19)25-14)10-5-6-11(18)24-10/h3-6,23H,1-2H3,(H2,19,21)(H,20,22). The molecule has 0 aliphatic carbocycles. The van der Waals surface area contributed by atoms with Crippen LogP contribution in [-0.4, -0.2) is 16.0 Å². The monoisotopic (exact) mass is 391 g/mol. The predicted molar refractivity (Wildman–Crippen MR) is 102 cm³/mol. The second kappa shape index (κ2) is 5.54. The summed E-state index contributed by atoms with van der Waals surface area (Å²) in [4.78, 5) is 18.3. The van der Waals surface area contributed by atoms with Gasteiger partial charge in [0.25, 0.3) is 5.91 Å². The lowest BCUT2D eigenvalue weighted by molar-refractivity contribution is -0.129. The van der Waals surface area contributed by atoms with Crippen LogP contribution in [0.5, 0.6) is 0 Å². The first-order chi connectivity index (χ1) is 11.8. The van der Waals surface area contributed by atoms with Crippen molar-refractivity contribution >= 4 is 51.0 Å². The molecule has 4 N–H and O–H groups in total. The van der Waals surface area contributed by atoms with Crippen molar-refractivity contribution in [2.24, 2.45) is 0 Å². The number of halogens is 1. The predicted octanol–water partition coefficient (Wildman–Crippen LogP) is 3.91. The van der Waals surface area contributed by atoms with Gasteiger partial charge in [-0.15, -0.1) is 11.3 Å². The molecule has 0 fully saturated rings. The lowest BCUT2D eigenvalue weighted by Crippen LogP contribution is -2.35. The number of carbonyl (C=O) groups is 1. The molecule has 0 spiro atoms. The average Bonchev–Trinajstić information content (AvgIpc) is 3.22. The Bertz CT molecular complexity index is 1030. The number of rotatable bonds is 2. The number of fused-ring (bicyclic) bond motifs is 1. The lowest BCUT2D eigenvalue weighted by Gasteiger charge is -2.20. The minimum Gasteiger partial charge on any atom is -0.375 e. The summed E-state index contributed by atoms with van der Waals surface area (Å²) in [5.41, 5.74) is 7.71. The van der Waals surface area contributed by atoms with Gasteiger partial charge in [-0.05, 0) is 37.1 Å². The van der Waals surface area contributed by atoms with Gasteiger partial charge >= 0.3 is 0 Å². The number of aryl methyl sites for hydroxylation is 1. The van der Waals surface area contributed by atoms with Crippen molar-refractivity contribution in [1.29, 1.82) is 0 Å². The third-order valence-corrected chi connectivity index (χ3v) is 6.70. The number of aliphatic hydroxyl groups is 1. The van der Waals surface area contributed by atoms with E-state index in [2.05, 4.69) is 10.3 Å². The number of hydrogen-bond acceptors (Lipinski definition) is 6. The molecule has 0 saturated carbocycles. The molecule has 1 aliphatic rings. The van der Waals surface area contributed by atoms with Crippen molar-refractivity contribution in [2.75, 3.05) is 11.1 Å². The van der Waals surface area contributed by atoms with Crippen molar-refractivity contribution in [3.8, 4) is 10.6 Å². The third-order valence-electron chi connectivity index (χ3n) is 4.47. The highest BCUT2D eigenvalue weighted by Gasteiger charge is 2.50. The van der Waals surface area contributed by atoms with Gasteiger partial charge in [0.05, 0.1) is 19.8 Å². The Morgan fingerprint density at radius 1 is 1.24 bits per heavy atom. The van der Waals surface area contributed by atoms with Gasteiger partial charge in [0.1, 0.15) is 5.69 Å². The number of nitrogens with two attached hydrogens (primary N) is 1. The van der Waals surface area contributed by atoms with Crippen molar-refractivity contribution < 1.29 is 9.90 Å². The summed E-state index contributed by atoms with van der Waals surface area (Å²) in [6.45, 7) is 3.88. The Kier molecular flexibility index (Phi) is 3.66. The number of nitrogens with one attached hydrogen (secondary N) is 1. The number of benzene rings is 1. The molecule has 5 nitrogen and oxygen atoms in total. The summed E-state index contributed by atoms with van der Waals surface area (Å²) in [6.07, 6.45) is 0. The van der Waals surface area contributed by atoms with Gasteiger partial charge in [0.2, 0.25) is 5.60 Å². The number of anilines is 2. The normalized spacial score (nSPS) is 19.1. The second-order valence-corrected chi connectivity index (χ2v) is 8.67. The highest BCUT2D eigenvalue weighted by Crippen LogP contribution is 2.49. The molecule has 2 aromatic heterocycles. The van der Waals surface area contributed by atoms with Gasteiger partial charge < -0.3 is 16.2 Å². The van der Waals surface area contributed by atoms with Crippen LogP contribution in [0.4, 0.5) is 10.8 Å². The molecule has 1 atom stereocenters. The number of thiazole rings is 1. The van der Waals surface area contributed by atoms with Crippen LogP contribution in [-0.2, 0) is 10.4 Å². The van der Waals surface area contributed by atoms with E-state index in [1.165, 1.54) is 11.3 Å². The Morgan fingerprint density at radius 2 is 2.00 bits per heavy atom. The zero-order valence-corrected chi connectivity index (χ0v) is 15.8. The molecule has 3 aromatic rings. The zero-order valence-electron chi connectivity index (χ0n) is 13.4. The summed E-state index contributed by atoms with van der Waals surface area (Å²) < 4.78 is 0.599. The van der Waals surface area contributed by atoms with Gasteiger partial charge in [-0.25, -0.2) is 4.98 Å². The summed E-state index contributed by atoms with van der Waals surface area (Å²) in [5, 5.41) is 14.5. The van der Waals surface area contributed by atoms with E-state index in [0.29, 0.717) is 26.2 Å². The smallest absolute Gasteiger partial charge is 0.266 e. The SMILES string of the molecule is Cc1ccc2c(c1C)NC(=O)C2(O)c1sc(N)nc1-c1ccc(Cl)s1. The zero-order chi connectivity index (χ0) is 17.9. The average molecular weight is 392 g/mol. The molecule has 3 heterocycles. The van der Waals surface area contributed by atoms with Crippen LogP contribution < -0.4 is 11.1 Å². The molecule has 0 bridgehead atoms. The highest BCUT2D eigenvalue weighted by atomic mass is 35.5. The molecule has 8 heteroatoms. The number of nitrogen functional groups attached to an aromatic ring is 1. The quantitative estimate of drug-likeness (QED) is 0.617. The Morgan fingerprint density at radius 3 is 2.68 bits per heavy atom. The van der Waals surface area contributed by atoms with Crippen LogP contribution in [0.2, 0.25) is 4.34 Å². The molecule has 1 aliphatic heterocycles. The summed E-state index contributed by atoms with van der Waals surface area (Å²) in [6, 6.07) is 7.23. The molecule has 25 heavy (non-hydrogen) atoms. The maximum absolute atomic E-state index is 12.8. The van der Waals surface area contributed by atoms with Crippen LogP contribution in [0.25, 0.3) is 10.6 Å². The van der Waals surface area contributed by atoms with Gasteiger partial charge in [-0.1, -0.05) is 35.1 Å². The third kappa shape index (κ3) is 2.31. The van der Waals surface area contributed by atoms with Gasteiger partial charge in [0, 0.05) is 5.56 Å². The number of aromatic nitrogens is 1. The van der Waals surface area contributed by atoms with Crippen molar-refractivity contribution in [3.05, 3.63) is 50.2 Å². The van der Waals surface area contributed by atoms with E-state index in [1.807, 2.05) is 26.0 Å². The first-order valence-corrected chi connectivity index (χ1v) is 9.50. The summed E-state index contributed by atoms with van der Waals surface area (Å²) >= 11 is 8.47. The minimum atomic E-state index is -1.82. The molecular weight excluding hydrogens is 378 g/mol. The van der Waals surface area contributed by atoms with E-state index in [9.17, 15) is 9.90 Å². The van der Waals surface area contributed by atoms with Crippen molar-refractivity contribution in [3.63, 3.8) is 0 Å². The first-order valence-electron chi connectivity index (χ1n) is 7.49. The van der Waals surface area contributed by atoms with Crippen LogP contribution >= 0.6 is 34.3 Å². The molecule has 0 saturated heterocycles. The largest absolute Gasteiger partial charge is 0.375 e. The fourth-order valence-corrected chi connectivity index (χ4v) is 5.07. The molecule has 1 aromatic carbocycles. The van der Waals surface area contributed by atoms with Gasteiger partial charge in [0.15, 0.2) is 5.13 Å². The number of carbonyl (C=O) groups excluding carboxylic acids is 1.